The molecule has 0 spiro atoms. The highest BCUT2D eigenvalue weighted by atomic mass is 32.2. The lowest BCUT2D eigenvalue weighted by atomic mass is 10.1. The predicted molar refractivity (Wildman–Crippen MR) is 130 cm³/mol. The van der Waals surface area contributed by atoms with Crippen LogP contribution in [0, 0.1) is 0 Å². The number of nitrogens with two attached hydrogens (primary N) is 1. The summed E-state index contributed by atoms with van der Waals surface area (Å²) in [6.07, 6.45) is 1.61. The summed E-state index contributed by atoms with van der Waals surface area (Å²) in [7, 11) is 1.22. The molecule has 3 aromatic rings. The van der Waals surface area contributed by atoms with Gasteiger partial charge < -0.3 is 25.4 Å². The SMILES string of the molecule is CCOC(=O)c1c(N)/c(=C\c2ccc(O)cc2)c2n1C(=O)[C@@H](c1ccc(O)cc1)SC=2C(=O)OC. The maximum atomic E-state index is 13.8. The number of esters is 2. The van der Waals surface area contributed by atoms with Crippen molar-refractivity contribution in [1.82, 2.24) is 4.57 Å². The summed E-state index contributed by atoms with van der Waals surface area (Å²) in [5.74, 6) is -1.96. The van der Waals surface area contributed by atoms with Crippen molar-refractivity contribution in [2.45, 2.75) is 12.2 Å². The fourth-order valence-corrected chi connectivity index (χ4v) is 5.00. The lowest BCUT2D eigenvalue weighted by Gasteiger charge is -2.23. The van der Waals surface area contributed by atoms with E-state index in [0.29, 0.717) is 11.1 Å². The molecular weight excluding hydrogens is 472 g/mol. The number of aromatic hydroxyl groups is 2. The molecular formula is C25H22N2O7S. The maximum Gasteiger partial charge on any atom is 0.357 e. The van der Waals surface area contributed by atoms with Gasteiger partial charge in [-0.1, -0.05) is 36.0 Å². The van der Waals surface area contributed by atoms with E-state index in [1.807, 2.05) is 0 Å². The fraction of sp³-hybridized carbons (Fsp3) is 0.160. The number of hydrogen-bond donors (Lipinski definition) is 3. The Hall–Kier alpha value is -4.18. The van der Waals surface area contributed by atoms with Gasteiger partial charge in [-0.05, 0) is 48.4 Å². The van der Waals surface area contributed by atoms with Gasteiger partial charge in [0, 0.05) is 5.22 Å². The second kappa shape index (κ2) is 9.59. The molecule has 9 nitrogen and oxygen atoms in total. The second-order valence-corrected chi connectivity index (χ2v) is 8.68. The van der Waals surface area contributed by atoms with Crippen LogP contribution in [0.3, 0.4) is 0 Å². The van der Waals surface area contributed by atoms with Gasteiger partial charge >= 0.3 is 11.9 Å². The molecule has 0 amide bonds. The number of hydrogen-bond acceptors (Lipinski definition) is 9. The molecule has 35 heavy (non-hydrogen) atoms. The number of nitrogens with zero attached hydrogens (tertiary/aromatic N) is 1. The summed E-state index contributed by atoms with van der Waals surface area (Å²) in [5.41, 5.74) is 7.30. The Bertz CT molecular complexity index is 1440. The number of thioether (sulfide) groups is 1. The van der Waals surface area contributed by atoms with Gasteiger partial charge in [-0.2, -0.15) is 0 Å². The zero-order chi connectivity index (χ0) is 25.3. The topological polar surface area (TPSA) is 141 Å². The molecule has 1 atom stereocenters. The summed E-state index contributed by atoms with van der Waals surface area (Å²) in [4.78, 5) is 39.7. The molecule has 1 aromatic heterocycles. The lowest BCUT2D eigenvalue weighted by Crippen LogP contribution is -2.42. The number of benzene rings is 2. The summed E-state index contributed by atoms with van der Waals surface area (Å²) in [5, 5.41) is 18.7. The Morgan fingerprint density at radius 1 is 1.06 bits per heavy atom. The molecule has 0 saturated heterocycles. The minimum Gasteiger partial charge on any atom is -0.508 e. The molecule has 0 saturated carbocycles. The first kappa shape index (κ1) is 24.0. The molecule has 1 aliphatic rings. The average Bonchev–Trinajstić information content (AvgIpc) is 3.13. The van der Waals surface area contributed by atoms with E-state index in [-0.39, 0.29) is 45.0 Å². The van der Waals surface area contributed by atoms with Crippen molar-refractivity contribution >= 4 is 46.3 Å². The first-order chi connectivity index (χ1) is 16.8. The highest BCUT2D eigenvalue weighted by molar-refractivity contribution is 8.10. The molecule has 2 heterocycles. The number of rotatable bonds is 5. The number of methoxy groups -OCH3 is 1. The number of fused-ring (bicyclic) bond motifs is 1. The Balaban J connectivity index is 2.08. The first-order valence-corrected chi connectivity index (χ1v) is 11.4. The molecule has 4 rings (SSSR count). The van der Waals surface area contributed by atoms with Crippen LogP contribution in [-0.4, -0.2) is 46.3 Å². The summed E-state index contributed by atoms with van der Waals surface area (Å²) < 4.78 is 11.3. The quantitative estimate of drug-likeness (QED) is 0.454. The fourth-order valence-electron chi connectivity index (χ4n) is 3.77. The highest BCUT2D eigenvalue weighted by Gasteiger charge is 2.38. The molecule has 0 bridgehead atoms. The molecule has 0 aliphatic carbocycles. The number of ether oxygens (including phenoxy) is 2. The van der Waals surface area contributed by atoms with Crippen molar-refractivity contribution in [1.29, 1.82) is 0 Å². The van der Waals surface area contributed by atoms with Crippen LogP contribution in [0.5, 0.6) is 11.5 Å². The van der Waals surface area contributed by atoms with Gasteiger partial charge in [-0.25, -0.2) is 9.59 Å². The summed E-state index contributed by atoms with van der Waals surface area (Å²) in [6, 6.07) is 12.2. The van der Waals surface area contributed by atoms with Gasteiger partial charge in [-0.15, -0.1) is 0 Å². The van der Waals surface area contributed by atoms with Gasteiger partial charge in [0.05, 0.1) is 24.8 Å². The molecule has 0 fully saturated rings. The van der Waals surface area contributed by atoms with Crippen LogP contribution in [0.25, 0.3) is 11.0 Å². The van der Waals surface area contributed by atoms with Crippen LogP contribution in [0.2, 0.25) is 0 Å². The van der Waals surface area contributed by atoms with Crippen LogP contribution >= 0.6 is 11.8 Å². The smallest absolute Gasteiger partial charge is 0.357 e. The van der Waals surface area contributed by atoms with Crippen molar-refractivity contribution in [2.75, 3.05) is 19.5 Å². The van der Waals surface area contributed by atoms with Crippen molar-refractivity contribution in [3.63, 3.8) is 0 Å². The monoisotopic (exact) mass is 494 g/mol. The maximum absolute atomic E-state index is 13.8. The highest BCUT2D eigenvalue weighted by Crippen LogP contribution is 2.40. The van der Waals surface area contributed by atoms with Crippen LogP contribution < -0.4 is 16.3 Å². The van der Waals surface area contributed by atoms with E-state index in [2.05, 4.69) is 0 Å². The van der Waals surface area contributed by atoms with E-state index >= 15 is 0 Å². The minimum atomic E-state index is -0.918. The van der Waals surface area contributed by atoms with E-state index < -0.39 is 23.1 Å². The number of aromatic nitrogens is 1. The van der Waals surface area contributed by atoms with Gasteiger partial charge in [0.15, 0.2) is 5.69 Å². The molecule has 0 radical (unpaired) electrons. The van der Waals surface area contributed by atoms with E-state index in [1.54, 1.807) is 37.3 Å². The Labute approximate surface area is 204 Å². The number of phenols is 2. The Morgan fingerprint density at radius 3 is 2.23 bits per heavy atom. The second-order valence-electron chi connectivity index (χ2n) is 7.56. The Morgan fingerprint density at radius 2 is 1.66 bits per heavy atom. The van der Waals surface area contributed by atoms with E-state index in [4.69, 9.17) is 15.2 Å². The van der Waals surface area contributed by atoms with Gasteiger partial charge in [0.2, 0.25) is 5.91 Å². The average molecular weight is 495 g/mol. The normalized spacial score (nSPS) is 15.6. The van der Waals surface area contributed by atoms with Gasteiger partial charge in [0.1, 0.15) is 21.7 Å². The van der Waals surface area contributed by atoms with Crippen molar-refractivity contribution in [3.05, 3.63) is 75.9 Å². The van der Waals surface area contributed by atoms with E-state index in [1.165, 1.54) is 31.4 Å². The summed E-state index contributed by atoms with van der Waals surface area (Å²) >= 11 is 0.971. The largest absolute Gasteiger partial charge is 0.508 e. The number of carbonyl (C=O) groups is 3. The van der Waals surface area contributed by atoms with Crippen molar-refractivity contribution in [3.8, 4) is 11.5 Å². The summed E-state index contributed by atoms with van der Waals surface area (Å²) in [6.45, 7) is 1.67. The van der Waals surface area contributed by atoms with Crippen molar-refractivity contribution in [2.24, 2.45) is 0 Å². The zero-order valence-electron chi connectivity index (χ0n) is 18.8. The lowest BCUT2D eigenvalue weighted by molar-refractivity contribution is -0.133. The third kappa shape index (κ3) is 4.35. The van der Waals surface area contributed by atoms with Crippen LogP contribution in [0.1, 0.15) is 38.6 Å². The zero-order valence-corrected chi connectivity index (χ0v) is 19.7. The Kier molecular flexibility index (Phi) is 6.57. The van der Waals surface area contributed by atoms with Gasteiger partial charge in [0.25, 0.3) is 0 Å². The first-order valence-electron chi connectivity index (χ1n) is 10.6. The van der Waals surface area contributed by atoms with E-state index in [9.17, 15) is 24.6 Å². The number of nitrogen functional groups attached to an aromatic ring is 1. The molecule has 4 N–H and O–H groups in total. The molecule has 0 unspecified atom stereocenters. The minimum absolute atomic E-state index is 0.0167. The van der Waals surface area contributed by atoms with Crippen LogP contribution in [-0.2, 0) is 14.3 Å². The number of carbonyl (C=O) groups excluding carboxylic acids is 3. The molecule has 180 valence electrons. The number of anilines is 1. The molecule has 10 heteroatoms. The molecule has 2 aromatic carbocycles. The van der Waals surface area contributed by atoms with Crippen molar-refractivity contribution < 1.29 is 34.1 Å². The third-order valence-corrected chi connectivity index (χ3v) is 6.69. The van der Waals surface area contributed by atoms with Gasteiger partial charge in [-0.3, -0.25) is 9.36 Å². The van der Waals surface area contributed by atoms with Crippen LogP contribution in [0.15, 0.2) is 48.5 Å². The van der Waals surface area contributed by atoms with Crippen LogP contribution in [0.4, 0.5) is 5.69 Å². The van der Waals surface area contributed by atoms with E-state index in [0.717, 1.165) is 16.3 Å². The number of phenolic OH excluding ortho intramolecular Hbond substituents is 2. The standard InChI is InChI=1S/C25H22N2O7S/c1-3-34-24(31)20-18(26)17(12-13-4-8-15(28)9-5-13)19-22(25(32)33-2)35-21(23(30)27(19)20)14-6-10-16(29)11-7-14/h4-12,21,28-29H,3,26H2,1-2H3/b17-12+/t21-/m1/s1. The predicted octanol–water partition coefficient (Wildman–Crippen LogP) is 1.90. The molecule has 1 aliphatic heterocycles. The third-order valence-electron chi connectivity index (χ3n) is 5.38.